The Kier molecular flexibility index (Phi) is 2.05. The van der Waals surface area contributed by atoms with Crippen molar-refractivity contribution in [1.29, 1.82) is 0 Å². The number of rotatable bonds is 2. The van der Waals surface area contributed by atoms with Crippen LogP contribution in [0.1, 0.15) is 13.3 Å². The zero-order chi connectivity index (χ0) is 6.69. The van der Waals surface area contributed by atoms with Crippen LogP contribution in [0, 0.1) is 0 Å². The number of hydrogen-bond acceptors (Lipinski definition) is 2. The van der Waals surface area contributed by atoms with E-state index in [-0.39, 0.29) is 12.0 Å². The normalized spacial score (nSPS) is 24.8. The lowest BCUT2D eigenvalue weighted by atomic mass is 10.2. The molecule has 1 unspecified atom stereocenters. The molecule has 1 saturated heterocycles. The van der Waals surface area contributed by atoms with Gasteiger partial charge in [-0.15, -0.1) is 0 Å². The summed E-state index contributed by atoms with van der Waals surface area (Å²) in [6.45, 7) is 3.04. The second-order valence-corrected chi connectivity index (χ2v) is 2.22. The van der Waals surface area contributed by atoms with E-state index in [0.29, 0.717) is 6.54 Å². The van der Waals surface area contributed by atoms with Gasteiger partial charge in [0.05, 0.1) is 6.10 Å². The second-order valence-electron chi connectivity index (χ2n) is 2.22. The lowest BCUT2D eigenvalue weighted by Crippen LogP contribution is -2.38. The van der Waals surface area contributed by atoms with Crippen molar-refractivity contribution in [1.82, 2.24) is 5.32 Å². The fraction of sp³-hybridized carbons (Fsp3) is 0.833. The average Bonchev–Trinajstić information content (AvgIpc) is 1.60. The van der Waals surface area contributed by atoms with Crippen LogP contribution in [-0.2, 0) is 9.53 Å². The zero-order valence-electron chi connectivity index (χ0n) is 5.52. The molecule has 1 amide bonds. The average molecular weight is 129 g/mol. The molecule has 3 nitrogen and oxygen atoms in total. The van der Waals surface area contributed by atoms with Crippen molar-refractivity contribution in [2.75, 3.05) is 13.2 Å². The van der Waals surface area contributed by atoms with E-state index in [4.69, 9.17) is 4.74 Å². The summed E-state index contributed by atoms with van der Waals surface area (Å²) in [5, 5.41) is 2.68. The third-order valence-electron chi connectivity index (χ3n) is 1.37. The van der Waals surface area contributed by atoms with Crippen molar-refractivity contribution in [3.8, 4) is 0 Å². The fourth-order valence-corrected chi connectivity index (χ4v) is 0.703. The van der Waals surface area contributed by atoms with Gasteiger partial charge in [-0.25, -0.2) is 0 Å². The summed E-state index contributed by atoms with van der Waals surface area (Å²) in [4.78, 5) is 10.3. The Hall–Kier alpha value is -0.570. The number of carbonyl (C=O) groups is 1. The molecule has 0 aromatic carbocycles. The van der Waals surface area contributed by atoms with Gasteiger partial charge in [-0.2, -0.15) is 0 Å². The van der Waals surface area contributed by atoms with Crippen LogP contribution < -0.4 is 5.32 Å². The maximum Gasteiger partial charge on any atom is 0.216 e. The highest BCUT2D eigenvalue weighted by Gasteiger charge is 2.17. The van der Waals surface area contributed by atoms with E-state index in [0.717, 1.165) is 13.0 Å². The molecule has 0 aromatic rings. The monoisotopic (exact) mass is 129 g/mol. The number of nitrogens with one attached hydrogen (secondary N) is 1. The first kappa shape index (κ1) is 6.55. The van der Waals surface area contributed by atoms with Gasteiger partial charge in [0.25, 0.3) is 0 Å². The molecule has 0 saturated carbocycles. The summed E-state index contributed by atoms with van der Waals surface area (Å²) in [6.07, 6.45) is 1.37. The van der Waals surface area contributed by atoms with Crippen LogP contribution in [0.25, 0.3) is 0 Å². The molecule has 0 bridgehead atoms. The second kappa shape index (κ2) is 2.82. The Morgan fingerprint density at radius 3 is 2.89 bits per heavy atom. The lowest BCUT2D eigenvalue weighted by molar-refractivity contribution is -0.121. The van der Waals surface area contributed by atoms with Gasteiger partial charge in [0.1, 0.15) is 0 Å². The van der Waals surface area contributed by atoms with Crippen molar-refractivity contribution in [2.45, 2.75) is 19.4 Å². The Bertz CT molecular complexity index is 110. The first-order valence-electron chi connectivity index (χ1n) is 3.15. The van der Waals surface area contributed by atoms with E-state index in [1.807, 2.05) is 0 Å². The minimum absolute atomic E-state index is 0.0190. The van der Waals surface area contributed by atoms with E-state index in [2.05, 4.69) is 5.32 Å². The Balaban J connectivity index is 1.97. The molecule has 0 aromatic heterocycles. The van der Waals surface area contributed by atoms with Crippen molar-refractivity contribution >= 4 is 5.91 Å². The predicted molar refractivity (Wildman–Crippen MR) is 33.0 cm³/mol. The smallest absolute Gasteiger partial charge is 0.216 e. The van der Waals surface area contributed by atoms with E-state index < -0.39 is 0 Å². The molecule has 1 N–H and O–H groups in total. The highest BCUT2D eigenvalue weighted by molar-refractivity contribution is 5.72. The van der Waals surface area contributed by atoms with Gasteiger partial charge >= 0.3 is 0 Å². The van der Waals surface area contributed by atoms with Gasteiger partial charge in [0, 0.05) is 20.1 Å². The molecule has 1 heterocycles. The quantitative estimate of drug-likeness (QED) is 0.566. The SMILES string of the molecule is CC(=O)NCC1CCO1. The van der Waals surface area contributed by atoms with Crippen LogP contribution in [-0.4, -0.2) is 25.2 Å². The van der Waals surface area contributed by atoms with Gasteiger partial charge in [-0.3, -0.25) is 4.79 Å². The number of hydrogen-bond donors (Lipinski definition) is 1. The maximum absolute atomic E-state index is 10.3. The molecule has 0 aliphatic carbocycles. The van der Waals surface area contributed by atoms with E-state index in [1.165, 1.54) is 6.92 Å². The lowest BCUT2D eigenvalue weighted by Gasteiger charge is -2.26. The topological polar surface area (TPSA) is 38.3 Å². The molecule has 1 aliphatic rings. The Labute approximate surface area is 54.4 Å². The molecule has 3 heteroatoms. The molecular weight excluding hydrogens is 118 g/mol. The maximum atomic E-state index is 10.3. The first-order chi connectivity index (χ1) is 4.29. The standard InChI is InChI=1S/C6H11NO2/c1-5(8)7-4-6-2-3-9-6/h6H,2-4H2,1H3,(H,7,8). The minimum Gasteiger partial charge on any atom is -0.376 e. The molecule has 52 valence electrons. The van der Waals surface area contributed by atoms with E-state index >= 15 is 0 Å². The van der Waals surface area contributed by atoms with Gasteiger partial charge in [0.2, 0.25) is 5.91 Å². The molecule has 1 atom stereocenters. The molecule has 1 fully saturated rings. The van der Waals surface area contributed by atoms with Crippen LogP contribution in [0.4, 0.5) is 0 Å². The predicted octanol–water partition coefficient (Wildman–Crippen LogP) is -0.0886. The summed E-state index contributed by atoms with van der Waals surface area (Å²) in [5.74, 6) is 0.0190. The largest absolute Gasteiger partial charge is 0.376 e. The summed E-state index contributed by atoms with van der Waals surface area (Å²) >= 11 is 0. The number of carbonyl (C=O) groups excluding carboxylic acids is 1. The minimum atomic E-state index is 0.0190. The Morgan fingerprint density at radius 2 is 2.56 bits per heavy atom. The molecular formula is C6H11NO2. The van der Waals surface area contributed by atoms with Crippen LogP contribution >= 0.6 is 0 Å². The molecule has 0 spiro atoms. The fourth-order valence-electron chi connectivity index (χ4n) is 0.703. The molecule has 9 heavy (non-hydrogen) atoms. The summed E-state index contributed by atoms with van der Waals surface area (Å²) < 4.78 is 5.07. The summed E-state index contributed by atoms with van der Waals surface area (Å²) in [7, 11) is 0. The van der Waals surface area contributed by atoms with E-state index in [1.54, 1.807) is 0 Å². The highest BCUT2D eigenvalue weighted by atomic mass is 16.5. The first-order valence-corrected chi connectivity index (χ1v) is 3.15. The van der Waals surface area contributed by atoms with Gasteiger partial charge in [0.15, 0.2) is 0 Å². The van der Waals surface area contributed by atoms with Crippen LogP contribution in [0.3, 0.4) is 0 Å². The van der Waals surface area contributed by atoms with Gasteiger partial charge in [-0.05, 0) is 6.42 Å². The number of ether oxygens (including phenoxy) is 1. The van der Waals surface area contributed by atoms with Crippen molar-refractivity contribution in [2.24, 2.45) is 0 Å². The van der Waals surface area contributed by atoms with E-state index in [9.17, 15) is 4.79 Å². The van der Waals surface area contributed by atoms with Crippen LogP contribution in [0.15, 0.2) is 0 Å². The number of amides is 1. The Morgan fingerprint density at radius 1 is 1.89 bits per heavy atom. The molecule has 1 aliphatic heterocycles. The van der Waals surface area contributed by atoms with Crippen LogP contribution in [0.5, 0.6) is 0 Å². The van der Waals surface area contributed by atoms with Crippen LogP contribution in [0.2, 0.25) is 0 Å². The third-order valence-corrected chi connectivity index (χ3v) is 1.37. The molecule has 0 radical (unpaired) electrons. The van der Waals surface area contributed by atoms with Crippen molar-refractivity contribution < 1.29 is 9.53 Å². The summed E-state index contributed by atoms with van der Waals surface area (Å²) in [6, 6.07) is 0. The molecule has 1 rings (SSSR count). The third kappa shape index (κ3) is 2.01. The highest BCUT2D eigenvalue weighted by Crippen LogP contribution is 2.08. The summed E-state index contributed by atoms with van der Waals surface area (Å²) in [5.41, 5.74) is 0. The zero-order valence-corrected chi connectivity index (χ0v) is 5.52. The van der Waals surface area contributed by atoms with Crippen molar-refractivity contribution in [3.05, 3.63) is 0 Å². The van der Waals surface area contributed by atoms with Gasteiger partial charge in [-0.1, -0.05) is 0 Å². The van der Waals surface area contributed by atoms with Gasteiger partial charge < -0.3 is 10.1 Å². The van der Waals surface area contributed by atoms with Crippen molar-refractivity contribution in [3.63, 3.8) is 0 Å².